The van der Waals surface area contributed by atoms with Crippen LogP contribution in [0.1, 0.15) is 28.9 Å². The van der Waals surface area contributed by atoms with Gasteiger partial charge in [-0.05, 0) is 5.56 Å². The van der Waals surface area contributed by atoms with Gasteiger partial charge in [0.05, 0.1) is 18.4 Å². The highest BCUT2D eigenvalue weighted by atomic mass is 16.7. The highest BCUT2D eigenvalue weighted by Gasteiger charge is 2.52. The van der Waals surface area contributed by atoms with Crippen molar-refractivity contribution in [1.29, 1.82) is 0 Å². The highest BCUT2D eigenvalue weighted by molar-refractivity contribution is 5.86. The fourth-order valence-corrected chi connectivity index (χ4v) is 3.11. The van der Waals surface area contributed by atoms with Gasteiger partial charge in [0.15, 0.2) is 6.04 Å². The first-order valence-electron chi connectivity index (χ1n) is 7.19. The fraction of sp³-hybridized carbons (Fsp3) is 0.267. The van der Waals surface area contributed by atoms with Gasteiger partial charge in [-0.2, -0.15) is 10.2 Å². The van der Waals surface area contributed by atoms with E-state index in [9.17, 15) is 14.7 Å². The van der Waals surface area contributed by atoms with Crippen molar-refractivity contribution >= 4 is 12.0 Å². The molecule has 0 saturated carbocycles. The van der Waals surface area contributed by atoms with E-state index < -0.39 is 18.0 Å². The Morgan fingerprint density at radius 1 is 1.39 bits per heavy atom. The second-order valence-corrected chi connectivity index (χ2v) is 5.52. The van der Waals surface area contributed by atoms with Gasteiger partial charge in [0.25, 0.3) is 0 Å². The molecule has 2 bridgehead atoms. The number of carbonyl (C=O) groups excluding carboxylic acids is 1. The van der Waals surface area contributed by atoms with Crippen LogP contribution in [0.25, 0.3) is 0 Å². The number of hydrogen-bond donors (Lipinski definition) is 2. The smallest absolute Gasteiger partial charge is 0.345 e. The second kappa shape index (κ2) is 5.10. The molecule has 3 heterocycles. The molecule has 2 aliphatic heterocycles. The number of carboxylic acid groups (broad SMARTS) is 1. The van der Waals surface area contributed by atoms with Crippen molar-refractivity contribution < 1.29 is 19.5 Å². The molecule has 2 aliphatic rings. The van der Waals surface area contributed by atoms with E-state index in [0.717, 1.165) is 5.56 Å². The molecule has 0 radical (unpaired) electrons. The van der Waals surface area contributed by atoms with E-state index in [4.69, 9.17) is 4.84 Å². The van der Waals surface area contributed by atoms with Crippen molar-refractivity contribution in [1.82, 2.24) is 20.2 Å². The molecule has 2 aromatic rings. The Kier molecular flexibility index (Phi) is 3.05. The lowest BCUT2D eigenvalue weighted by Gasteiger charge is -2.26. The van der Waals surface area contributed by atoms with Crippen molar-refractivity contribution in [2.24, 2.45) is 0 Å². The third-order valence-corrected chi connectivity index (χ3v) is 4.18. The molecule has 2 N–H and O–H groups in total. The molecule has 0 aliphatic carbocycles. The fourth-order valence-electron chi connectivity index (χ4n) is 3.11. The SMILES string of the molecule is O=C(O)C1c2[nH]ncc2[C@H]2CN1C(=O)N2OCc1ccccc1. The minimum atomic E-state index is -1.09. The summed E-state index contributed by atoms with van der Waals surface area (Å²) in [5, 5.41) is 17.3. The Labute approximate surface area is 131 Å². The molecule has 1 unspecified atom stereocenters. The van der Waals surface area contributed by atoms with Gasteiger partial charge in [-0.25, -0.2) is 9.59 Å². The number of hydroxylamine groups is 2. The third-order valence-electron chi connectivity index (χ3n) is 4.18. The number of nitrogens with zero attached hydrogens (tertiary/aromatic N) is 3. The average molecular weight is 314 g/mol. The number of rotatable bonds is 4. The average Bonchev–Trinajstić information content (AvgIpc) is 3.13. The van der Waals surface area contributed by atoms with Gasteiger partial charge in [0.2, 0.25) is 0 Å². The van der Waals surface area contributed by atoms with E-state index in [1.165, 1.54) is 9.96 Å². The van der Waals surface area contributed by atoms with Crippen LogP contribution in [0.5, 0.6) is 0 Å². The van der Waals surface area contributed by atoms with Crippen molar-refractivity contribution in [3.05, 3.63) is 53.3 Å². The molecule has 118 valence electrons. The first kappa shape index (κ1) is 13.8. The van der Waals surface area contributed by atoms with Gasteiger partial charge < -0.3 is 10.0 Å². The van der Waals surface area contributed by atoms with Gasteiger partial charge in [-0.1, -0.05) is 30.3 Å². The van der Waals surface area contributed by atoms with E-state index in [0.29, 0.717) is 11.3 Å². The number of amides is 2. The van der Waals surface area contributed by atoms with E-state index in [-0.39, 0.29) is 19.2 Å². The second-order valence-electron chi connectivity index (χ2n) is 5.52. The number of nitrogens with one attached hydrogen (secondary N) is 1. The van der Waals surface area contributed by atoms with Crippen LogP contribution in [0.15, 0.2) is 36.5 Å². The maximum Gasteiger partial charge on any atom is 0.345 e. The summed E-state index contributed by atoms with van der Waals surface area (Å²) in [6.07, 6.45) is 1.56. The summed E-state index contributed by atoms with van der Waals surface area (Å²) in [4.78, 5) is 31.0. The first-order valence-corrected chi connectivity index (χ1v) is 7.19. The topological polar surface area (TPSA) is 98.8 Å². The molecule has 4 rings (SSSR count). The van der Waals surface area contributed by atoms with Crippen LogP contribution in [0.2, 0.25) is 0 Å². The molecule has 8 heteroatoms. The van der Waals surface area contributed by atoms with Crippen molar-refractivity contribution in [2.45, 2.75) is 18.7 Å². The Morgan fingerprint density at radius 3 is 2.91 bits per heavy atom. The van der Waals surface area contributed by atoms with Crippen LogP contribution in [-0.4, -0.2) is 43.8 Å². The summed E-state index contributed by atoms with van der Waals surface area (Å²) >= 11 is 0. The normalized spacial score (nSPS) is 22.3. The molecule has 1 aromatic heterocycles. The summed E-state index contributed by atoms with van der Waals surface area (Å²) in [6.45, 7) is 0.513. The van der Waals surface area contributed by atoms with Gasteiger partial charge in [0.1, 0.15) is 12.6 Å². The zero-order valence-electron chi connectivity index (χ0n) is 12.0. The van der Waals surface area contributed by atoms with Crippen molar-refractivity contribution in [2.75, 3.05) is 6.54 Å². The molecule has 1 aromatic carbocycles. The molecule has 1 saturated heterocycles. The Hall–Kier alpha value is -2.87. The first-order chi connectivity index (χ1) is 11.2. The number of H-pyrrole nitrogens is 1. The van der Waals surface area contributed by atoms with Gasteiger partial charge >= 0.3 is 12.0 Å². The molecule has 0 spiro atoms. The van der Waals surface area contributed by atoms with Gasteiger partial charge in [-0.3, -0.25) is 9.94 Å². The van der Waals surface area contributed by atoms with Crippen LogP contribution in [0.4, 0.5) is 4.79 Å². The molecule has 2 atom stereocenters. The van der Waals surface area contributed by atoms with Crippen LogP contribution in [-0.2, 0) is 16.2 Å². The number of aromatic nitrogens is 2. The maximum atomic E-state index is 12.5. The Bertz CT molecular complexity index is 760. The number of aliphatic carboxylic acids is 1. The van der Waals surface area contributed by atoms with Crippen LogP contribution in [0.3, 0.4) is 0 Å². The van der Waals surface area contributed by atoms with E-state index in [2.05, 4.69) is 10.2 Å². The summed E-state index contributed by atoms with van der Waals surface area (Å²) in [5.41, 5.74) is 2.06. The van der Waals surface area contributed by atoms with E-state index in [1.54, 1.807) is 6.20 Å². The Balaban J connectivity index is 1.62. The molecule has 1 fully saturated rings. The largest absolute Gasteiger partial charge is 0.479 e. The molecular weight excluding hydrogens is 300 g/mol. The standard InChI is InChI=1S/C15H14N4O4/c20-14(21)13-12-10(6-16-17-12)11-7-18(13)15(22)19(11)23-8-9-4-2-1-3-5-9/h1-6,11,13H,7-8H2,(H,16,17)(H,20,21)/t11-,13?/m1/s1. The zero-order chi connectivity index (χ0) is 16.0. The van der Waals surface area contributed by atoms with Crippen LogP contribution < -0.4 is 0 Å². The summed E-state index contributed by atoms with van der Waals surface area (Å²) < 4.78 is 0. The third kappa shape index (κ3) is 2.07. The van der Waals surface area contributed by atoms with E-state index in [1.807, 2.05) is 30.3 Å². The van der Waals surface area contributed by atoms with Crippen molar-refractivity contribution in [3.63, 3.8) is 0 Å². The molecule has 8 nitrogen and oxygen atoms in total. The summed E-state index contributed by atoms with van der Waals surface area (Å²) in [7, 11) is 0. The number of carboxylic acids is 1. The summed E-state index contributed by atoms with van der Waals surface area (Å²) in [5.74, 6) is -1.09. The number of aromatic amines is 1. The zero-order valence-corrected chi connectivity index (χ0v) is 12.0. The minimum Gasteiger partial charge on any atom is -0.479 e. The lowest BCUT2D eigenvalue weighted by molar-refractivity contribution is -0.143. The molecule has 2 amide bonds. The number of benzene rings is 1. The number of fused-ring (bicyclic) bond motifs is 4. The van der Waals surface area contributed by atoms with E-state index >= 15 is 0 Å². The van der Waals surface area contributed by atoms with Crippen LogP contribution in [0, 0.1) is 0 Å². The Morgan fingerprint density at radius 2 is 2.17 bits per heavy atom. The number of urea groups is 1. The predicted molar refractivity (Wildman–Crippen MR) is 76.9 cm³/mol. The van der Waals surface area contributed by atoms with Gasteiger partial charge in [-0.15, -0.1) is 0 Å². The van der Waals surface area contributed by atoms with Crippen molar-refractivity contribution in [3.8, 4) is 0 Å². The lowest BCUT2D eigenvalue weighted by Crippen LogP contribution is -2.38. The maximum absolute atomic E-state index is 12.5. The predicted octanol–water partition coefficient (Wildman–Crippen LogP) is 1.46. The number of hydrogen-bond acceptors (Lipinski definition) is 4. The minimum absolute atomic E-state index is 0.238. The quantitative estimate of drug-likeness (QED) is 0.890. The summed E-state index contributed by atoms with van der Waals surface area (Å²) in [6, 6.07) is 7.63. The van der Waals surface area contributed by atoms with Crippen LogP contribution >= 0.6 is 0 Å². The lowest BCUT2D eigenvalue weighted by atomic mass is 9.98. The number of carbonyl (C=O) groups is 2. The molecule has 23 heavy (non-hydrogen) atoms. The highest BCUT2D eigenvalue weighted by Crippen LogP contribution is 2.43. The molecular formula is C15H14N4O4. The van der Waals surface area contributed by atoms with Gasteiger partial charge in [0, 0.05) is 5.56 Å². The monoisotopic (exact) mass is 314 g/mol.